The molecule has 1 unspecified atom stereocenters. The van der Waals surface area contributed by atoms with Crippen LogP contribution < -0.4 is 11.1 Å². The standard InChI is InChI=1S/C9H11N3/c10-9-11-6-8(12-9)7-4-2-1-3-5-7/h1-5,8H,6H2,(H3,10,11,12). The number of hydrogen-bond acceptors (Lipinski definition) is 3. The maximum atomic E-state index is 5.50. The molecule has 1 heterocycles. The predicted octanol–water partition coefficient (Wildman–Crippen LogP) is 0.646. The number of nitrogens with one attached hydrogen (secondary N) is 1. The van der Waals surface area contributed by atoms with Gasteiger partial charge < -0.3 is 11.1 Å². The van der Waals surface area contributed by atoms with Crippen molar-refractivity contribution in [1.29, 1.82) is 0 Å². The Kier molecular flexibility index (Phi) is 1.70. The quantitative estimate of drug-likeness (QED) is 0.635. The molecule has 0 aliphatic carbocycles. The molecule has 1 atom stereocenters. The van der Waals surface area contributed by atoms with E-state index in [0.29, 0.717) is 5.96 Å². The fourth-order valence-corrected chi connectivity index (χ4v) is 1.33. The Morgan fingerprint density at radius 3 is 2.67 bits per heavy atom. The van der Waals surface area contributed by atoms with Crippen molar-refractivity contribution in [3.05, 3.63) is 35.9 Å². The Hall–Kier alpha value is -1.51. The zero-order chi connectivity index (χ0) is 8.39. The molecule has 0 spiro atoms. The van der Waals surface area contributed by atoms with Gasteiger partial charge in [0, 0.05) is 0 Å². The highest BCUT2D eigenvalue weighted by molar-refractivity contribution is 5.80. The first kappa shape index (κ1) is 7.16. The van der Waals surface area contributed by atoms with Crippen LogP contribution in [0.25, 0.3) is 0 Å². The second-order valence-corrected chi connectivity index (χ2v) is 2.83. The second-order valence-electron chi connectivity index (χ2n) is 2.83. The summed E-state index contributed by atoms with van der Waals surface area (Å²) in [5.41, 5.74) is 6.74. The van der Waals surface area contributed by atoms with Crippen molar-refractivity contribution < 1.29 is 0 Å². The number of benzene rings is 1. The van der Waals surface area contributed by atoms with E-state index in [4.69, 9.17) is 5.73 Å². The molecule has 1 aliphatic heterocycles. The average Bonchev–Trinajstić information content (AvgIpc) is 2.54. The highest BCUT2D eigenvalue weighted by Crippen LogP contribution is 2.15. The summed E-state index contributed by atoms with van der Waals surface area (Å²) in [4.78, 5) is 4.08. The van der Waals surface area contributed by atoms with E-state index in [0.717, 1.165) is 6.54 Å². The van der Waals surface area contributed by atoms with Crippen molar-refractivity contribution in [3.8, 4) is 0 Å². The third kappa shape index (κ3) is 1.25. The van der Waals surface area contributed by atoms with Gasteiger partial charge in [-0.25, -0.2) is 0 Å². The number of guanidine groups is 1. The lowest BCUT2D eigenvalue weighted by Gasteiger charge is -2.09. The van der Waals surface area contributed by atoms with Gasteiger partial charge in [-0.3, -0.25) is 4.99 Å². The summed E-state index contributed by atoms with van der Waals surface area (Å²) in [6, 6.07) is 10.5. The molecule has 0 radical (unpaired) electrons. The summed E-state index contributed by atoms with van der Waals surface area (Å²) in [5, 5.41) is 3.10. The number of aliphatic imine (C=N–C) groups is 1. The molecule has 2 rings (SSSR count). The predicted molar refractivity (Wildman–Crippen MR) is 48.8 cm³/mol. The van der Waals surface area contributed by atoms with E-state index < -0.39 is 0 Å². The van der Waals surface area contributed by atoms with Gasteiger partial charge in [-0.1, -0.05) is 30.3 Å². The zero-order valence-corrected chi connectivity index (χ0v) is 6.70. The van der Waals surface area contributed by atoms with Gasteiger partial charge in [0.05, 0.1) is 12.6 Å². The fraction of sp³-hybridized carbons (Fsp3) is 0.222. The van der Waals surface area contributed by atoms with Gasteiger partial charge in [-0.2, -0.15) is 0 Å². The van der Waals surface area contributed by atoms with E-state index in [1.165, 1.54) is 5.56 Å². The Labute approximate surface area is 71.3 Å². The minimum absolute atomic E-state index is 0.270. The van der Waals surface area contributed by atoms with E-state index in [9.17, 15) is 0 Å². The Morgan fingerprint density at radius 1 is 1.33 bits per heavy atom. The Bertz CT molecular complexity index is 292. The molecule has 0 saturated carbocycles. The maximum Gasteiger partial charge on any atom is 0.189 e. The monoisotopic (exact) mass is 161 g/mol. The summed E-state index contributed by atoms with van der Waals surface area (Å²) in [6.45, 7) is 0.746. The normalized spacial score (nSPS) is 21.7. The van der Waals surface area contributed by atoms with Crippen LogP contribution in [0.4, 0.5) is 0 Å². The second kappa shape index (κ2) is 2.85. The Morgan fingerprint density at radius 2 is 2.08 bits per heavy atom. The number of rotatable bonds is 1. The number of hydrogen-bond donors (Lipinski definition) is 2. The van der Waals surface area contributed by atoms with Gasteiger partial charge in [0.25, 0.3) is 0 Å². The SMILES string of the molecule is NC1=NCC(c2ccccc2)N1. The van der Waals surface area contributed by atoms with Crippen LogP contribution in [0.3, 0.4) is 0 Å². The topological polar surface area (TPSA) is 50.4 Å². The summed E-state index contributed by atoms with van der Waals surface area (Å²) >= 11 is 0. The van der Waals surface area contributed by atoms with Gasteiger partial charge in [0.2, 0.25) is 0 Å². The zero-order valence-electron chi connectivity index (χ0n) is 6.70. The third-order valence-electron chi connectivity index (χ3n) is 1.97. The maximum absolute atomic E-state index is 5.50. The summed E-state index contributed by atoms with van der Waals surface area (Å²) in [7, 11) is 0. The highest BCUT2D eigenvalue weighted by Gasteiger charge is 2.15. The van der Waals surface area contributed by atoms with E-state index in [2.05, 4.69) is 22.4 Å². The smallest absolute Gasteiger partial charge is 0.189 e. The molecule has 3 nitrogen and oxygen atoms in total. The molecule has 1 aromatic rings. The molecule has 0 aromatic heterocycles. The highest BCUT2D eigenvalue weighted by atomic mass is 15.2. The molecule has 0 saturated heterocycles. The summed E-state index contributed by atoms with van der Waals surface area (Å²) < 4.78 is 0. The molecule has 3 N–H and O–H groups in total. The summed E-state index contributed by atoms with van der Waals surface area (Å²) in [6.07, 6.45) is 0. The number of nitrogens with two attached hydrogens (primary N) is 1. The average molecular weight is 161 g/mol. The van der Waals surface area contributed by atoms with Crippen LogP contribution in [0, 0.1) is 0 Å². The fourth-order valence-electron chi connectivity index (χ4n) is 1.33. The third-order valence-corrected chi connectivity index (χ3v) is 1.97. The lowest BCUT2D eigenvalue weighted by Crippen LogP contribution is -2.29. The van der Waals surface area contributed by atoms with Crippen LogP contribution in [-0.4, -0.2) is 12.5 Å². The van der Waals surface area contributed by atoms with Crippen LogP contribution in [0.15, 0.2) is 35.3 Å². The summed E-state index contributed by atoms with van der Waals surface area (Å²) in [5.74, 6) is 0.545. The molecule has 1 aromatic carbocycles. The van der Waals surface area contributed by atoms with Crippen LogP contribution in [0.1, 0.15) is 11.6 Å². The van der Waals surface area contributed by atoms with Gasteiger partial charge in [-0.05, 0) is 5.56 Å². The van der Waals surface area contributed by atoms with E-state index >= 15 is 0 Å². The van der Waals surface area contributed by atoms with Gasteiger partial charge in [0.15, 0.2) is 5.96 Å². The lowest BCUT2D eigenvalue weighted by molar-refractivity contribution is 0.708. The van der Waals surface area contributed by atoms with Gasteiger partial charge in [-0.15, -0.1) is 0 Å². The van der Waals surface area contributed by atoms with Crippen molar-refractivity contribution in [3.63, 3.8) is 0 Å². The minimum atomic E-state index is 0.270. The molecular formula is C9H11N3. The van der Waals surface area contributed by atoms with E-state index in [-0.39, 0.29) is 6.04 Å². The molecule has 0 bridgehead atoms. The van der Waals surface area contributed by atoms with E-state index in [1.54, 1.807) is 0 Å². The first-order chi connectivity index (χ1) is 5.86. The van der Waals surface area contributed by atoms with Crippen molar-refractivity contribution in [2.45, 2.75) is 6.04 Å². The molecule has 0 amide bonds. The van der Waals surface area contributed by atoms with Crippen molar-refractivity contribution in [1.82, 2.24) is 5.32 Å². The molecular weight excluding hydrogens is 150 g/mol. The van der Waals surface area contributed by atoms with Gasteiger partial charge >= 0.3 is 0 Å². The van der Waals surface area contributed by atoms with Crippen LogP contribution >= 0.6 is 0 Å². The van der Waals surface area contributed by atoms with Crippen LogP contribution in [-0.2, 0) is 0 Å². The molecule has 3 heteroatoms. The largest absolute Gasteiger partial charge is 0.370 e. The Balaban J connectivity index is 2.14. The van der Waals surface area contributed by atoms with Crippen molar-refractivity contribution in [2.75, 3.05) is 6.54 Å². The lowest BCUT2D eigenvalue weighted by atomic mass is 10.1. The van der Waals surface area contributed by atoms with Crippen molar-refractivity contribution in [2.24, 2.45) is 10.7 Å². The first-order valence-electron chi connectivity index (χ1n) is 3.97. The van der Waals surface area contributed by atoms with Gasteiger partial charge in [0.1, 0.15) is 0 Å². The van der Waals surface area contributed by atoms with Crippen LogP contribution in [0.2, 0.25) is 0 Å². The first-order valence-corrected chi connectivity index (χ1v) is 3.97. The van der Waals surface area contributed by atoms with Crippen molar-refractivity contribution >= 4 is 5.96 Å². The molecule has 1 aliphatic rings. The molecule has 0 fully saturated rings. The number of nitrogens with zero attached hydrogens (tertiary/aromatic N) is 1. The van der Waals surface area contributed by atoms with E-state index in [1.807, 2.05) is 18.2 Å². The molecule has 12 heavy (non-hydrogen) atoms. The molecule has 62 valence electrons. The van der Waals surface area contributed by atoms with Crippen LogP contribution in [0.5, 0.6) is 0 Å². The minimum Gasteiger partial charge on any atom is -0.370 e.